The van der Waals surface area contributed by atoms with E-state index >= 15 is 0 Å². The molecule has 0 amide bonds. The lowest BCUT2D eigenvalue weighted by Crippen LogP contribution is -1.76. The number of aromatic nitrogens is 1. The molecule has 0 N–H and O–H groups in total. The lowest BCUT2D eigenvalue weighted by molar-refractivity contribution is 0.803. The van der Waals surface area contributed by atoms with E-state index in [9.17, 15) is 0 Å². The van der Waals surface area contributed by atoms with Crippen molar-refractivity contribution in [2.45, 2.75) is 47.0 Å². The molecule has 0 bridgehead atoms. The van der Waals surface area contributed by atoms with Crippen molar-refractivity contribution in [2.24, 2.45) is 0 Å². The Kier molecular flexibility index (Phi) is 7.06. The van der Waals surface area contributed by atoms with Crippen molar-refractivity contribution in [1.82, 2.24) is 4.98 Å². The van der Waals surface area contributed by atoms with Crippen molar-refractivity contribution >= 4 is 11.3 Å². The average molecular weight is 185 g/mol. The fourth-order valence-corrected chi connectivity index (χ4v) is 1.71. The van der Waals surface area contributed by atoms with Crippen LogP contribution >= 0.6 is 11.3 Å². The summed E-state index contributed by atoms with van der Waals surface area (Å²) in [5.74, 6) is 0. The fraction of sp³-hybridized carbons (Fsp3) is 0.700. The van der Waals surface area contributed by atoms with Gasteiger partial charge in [0.1, 0.15) is 0 Å². The first-order chi connectivity index (χ1) is 5.83. The van der Waals surface area contributed by atoms with Gasteiger partial charge < -0.3 is 0 Å². The lowest BCUT2D eigenvalue weighted by Gasteiger charge is -1.89. The summed E-state index contributed by atoms with van der Waals surface area (Å²) in [5, 5.41) is 1.19. The maximum Gasteiger partial charge on any atom is 0.0896 e. The summed E-state index contributed by atoms with van der Waals surface area (Å²) < 4.78 is 0. The van der Waals surface area contributed by atoms with Crippen LogP contribution in [0.3, 0.4) is 0 Å². The molecule has 0 fully saturated rings. The zero-order valence-electron chi connectivity index (χ0n) is 8.55. The third-order valence-electron chi connectivity index (χ3n) is 1.45. The van der Waals surface area contributed by atoms with Gasteiger partial charge in [-0.25, -0.2) is 4.98 Å². The van der Waals surface area contributed by atoms with Crippen LogP contribution in [-0.2, 0) is 6.42 Å². The summed E-state index contributed by atoms with van der Waals surface area (Å²) in [7, 11) is 0. The zero-order valence-corrected chi connectivity index (χ0v) is 9.37. The Labute approximate surface area is 79.9 Å². The molecule has 2 heteroatoms. The topological polar surface area (TPSA) is 12.9 Å². The maximum atomic E-state index is 4.19. The average Bonchev–Trinajstić information content (AvgIpc) is 2.51. The summed E-state index contributed by atoms with van der Waals surface area (Å²) in [6, 6.07) is 0. The van der Waals surface area contributed by atoms with E-state index in [1.165, 1.54) is 29.1 Å². The Morgan fingerprint density at radius 2 is 2.08 bits per heavy atom. The molecular formula is C10H19NS. The van der Waals surface area contributed by atoms with Gasteiger partial charge in [0.25, 0.3) is 0 Å². The lowest BCUT2D eigenvalue weighted by atomic mass is 10.2. The van der Waals surface area contributed by atoms with Gasteiger partial charge in [-0.2, -0.15) is 0 Å². The van der Waals surface area contributed by atoms with Gasteiger partial charge in [0.2, 0.25) is 0 Å². The van der Waals surface area contributed by atoms with Crippen molar-refractivity contribution < 1.29 is 0 Å². The Bertz CT molecular complexity index is 193. The van der Waals surface area contributed by atoms with Crippen LogP contribution < -0.4 is 0 Å². The van der Waals surface area contributed by atoms with E-state index in [2.05, 4.69) is 18.8 Å². The number of thiazole rings is 1. The molecule has 0 radical (unpaired) electrons. The third-order valence-corrected chi connectivity index (χ3v) is 2.42. The molecule has 0 saturated carbocycles. The minimum absolute atomic E-state index is 1.19. The number of aryl methyl sites for hydroxylation is 2. The van der Waals surface area contributed by atoms with E-state index in [0.29, 0.717) is 0 Å². The molecule has 1 rings (SSSR count). The van der Waals surface area contributed by atoms with E-state index in [-0.39, 0.29) is 0 Å². The number of nitrogens with zero attached hydrogens (tertiary/aromatic N) is 1. The van der Waals surface area contributed by atoms with Gasteiger partial charge in [0.15, 0.2) is 0 Å². The highest BCUT2D eigenvalue weighted by atomic mass is 32.1. The van der Waals surface area contributed by atoms with Crippen LogP contribution in [0, 0.1) is 6.92 Å². The molecule has 1 aromatic rings. The second-order valence-corrected chi connectivity index (χ2v) is 3.77. The third kappa shape index (κ3) is 4.50. The van der Waals surface area contributed by atoms with Crippen LogP contribution in [0.2, 0.25) is 0 Å². The molecule has 0 unspecified atom stereocenters. The monoisotopic (exact) mass is 185 g/mol. The second-order valence-electron chi connectivity index (χ2n) is 2.45. The highest BCUT2D eigenvalue weighted by Crippen LogP contribution is 2.13. The summed E-state index contributed by atoms with van der Waals surface area (Å²) in [6.45, 7) is 8.27. The van der Waals surface area contributed by atoms with Gasteiger partial charge in [0.05, 0.1) is 5.01 Å². The van der Waals surface area contributed by atoms with E-state index < -0.39 is 0 Å². The summed E-state index contributed by atoms with van der Waals surface area (Å²) in [4.78, 5) is 5.62. The molecule has 0 spiro atoms. The van der Waals surface area contributed by atoms with Crippen LogP contribution in [-0.4, -0.2) is 4.98 Å². The maximum absolute atomic E-state index is 4.19. The van der Waals surface area contributed by atoms with Crippen molar-refractivity contribution in [3.8, 4) is 0 Å². The summed E-state index contributed by atoms with van der Waals surface area (Å²) in [6.07, 6.45) is 5.77. The Morgan fingerprint density at radius 3 is 2.50 bits per heavy atom. The predicted octanol–water partition coefficient (Wildman–Crippen LogP) is 3.82. The molecule has 70 valence electrons. The van der Waals surface area contributed by atoms with E-state index in [4.69, 9.17) is 0 Å². The van der Waals surface area contributed by atoms with Crippen LogP contribution in [0.25, 0.3) is 0 Å². The molecule has 0 aliphatic rings. The van der Waals surface area contributed by atoms with E-state index in [1.807, 2.05) is 31.4 Å². The predicted molar refractivity (Wildman–Crippen MR) is 56.8 cm³/mol. The van der Waals surface area contributed by atoms with Gasteiger partial charge in [-0.05, 0) is 19.8 Å². The minimum Gasteiger partial charge on any atom is -0.250 e. The van der Waals surface area contributed by atoms with Crippen molar-refractivity contribution in [1.29, 1.82) is 0 Å². The van der Waals surface area contributed by atoms with E-state index in [0.717, 1.165) is 0 Å². The highest BCUT2D eigenvalue weighted by Gasteiger charge is 1.95. The van der Waals surface area contributed by atoms with Gasteiger partial charge in [0, 0.05) is 11.1 Å². The second kappa shape index (κ2) is 7.29. The molecule has 0 aliphatic carbocycles. The molecular weight excluding hydrogens is 166 g/mol. The Hall–Kier alpha value is -0.370. The van der Waals surface area contributed by atoms with Crippen molar-refractivity contribution in [2.75, 3.05) is 0 Å². The van der Waals surface area contributed by atoms with Gasteiger partial charge >= 0.3 is 0 Å². The number of unbranched alkanes of at least 4 members (excludes halogenated alkanes) is 1. The van der Waals surface area contributed by atoms with Crippen LogP contribution in [0.1, 0.15) is 43.5 Å². The molecule has 12 heavy (non-hydrogen) atoms. The summed E-state index contributed by atoms with van der Waals surface area (Å²) in [5.41, 5.74) is 0. The number of hydrogen-bond acceptors (Lipinski definition) is 2. The van der Waals surface area contributed by atoms with Crippen molar-refractivity contribution in [3.05, 3.63) is 16.1 Å². The van der Waals surface area contributed by atoms with E-state index in [1.54, 1.807) is 0 Å². The molecule has 1 nitrogen and oxygen atoms in total. The molecule has 0 aliphatic heterocycles. The minimum atomic E-state index is 1.19. The van der Waals surface area contributed by atoms with Gasteiger partial charge in [-0.3, -0.25) is 0 Å². The zero-order chi connectivity index (χ0) is 9.40. The standard InChI is InChI=1S/C8H13NS.C2H6/c1-3-4-5-8-6-9-7(2)10-8;1-2/h6H,3-5H2,1-2H3;1-2H3. The van der Waals surface area contributed by atoms with Gasteiger partial charge in [-0.15, -0.1) is 11.3 Å². The van der Waals surface area contributed by atoms with Crippen molar-refractivity contribution in [3.63, 3.8) is 0 Å². The largest absolute Gasteiger partial charge is 0.250 e. The smallest absolute Gasteiger partial charge is 0.0896 e. The first kappa shape index (κ1) is 11.6. The molecule has 0 saturated heterocycles. The SMILES string of the molecule is CC.CCCCc1cnc(C)s1. The quantitative estimate of drug-likeness (QED) is 0.697. The molecule has 1 heterocycles. The van der Waals surface area contributed by atoms with Crippen LogP contribution in [0.15, 0.2) is 6.20 Å². The normalized spacial score (nSPS) is 9.00. The highest BCUT2D eigenvalue weighted by molar-refractivity contribution is 7.11. The first-order valence-electron chi connectivity index (χ1n) is 4.74. The van der Waals surface area contributed by atoms with Gasteiger partial charge in [-0.1, -0.05) is 27.2 Å². The molecule has 1 aromatic heterocycles. The molecule has 0 atom stereocenters. The Balaban J connectivity index is 0.000000561. The number of hydrogen-bond donors (Lipinski definition) is 0. The Morgan fingerprint density at radius 1 is 1.42 bits per heavy atom. The summed E-state index contributed by atoms with van der Waals surface area (Å²) >= 11 is 1.82. The van der Waals surface area contributed by atoms with Crippen LogP contribution in [0.4, 0.5) is 0 Å². The molecule has 0 aromatic carbocycles. The fourth-order valence-electron chi connectivity index (χ4n) is 0.872. The first-order valence-corrected chi connectivity index (χ1v) is 5.56. The van der Waals surface area contributed by atoms with Crippen LogP contribution in [0.5, 0.6) is 0 Å². The number of rotatable bonds is 3.